The van der Waals surface area contributed by atoms with Crippen LogP contribution in [0.1, 0.15) is 30.9 Å². The second kappa shape index (κ2) is 7.07. The molecular weight excluding hydrogens is 212 g/mol. The summed E-state index contributed by atoms with van der Waals surface area (Å²) in [6.07, 6.45) is 1.84. The number of nitrogens with one attached hydrogen (secondary N) is 1. The van der Waals surface area contributed by atoms with Crippen molar-refractivity contribution < 1.29 is 4.79 Å². The van der Waals surface area contributed by atoms with Crippen molar-refractivity contribution >= 4 is 5.91 Å². The van der Waals surface area contributed by atoms with E-state index >= 15 is 0 Å². The zero-order valence-electron chi connectivity index (χ0n) is 10.7. The summed E-state index contributed by atoms with van der Waals surface area (Å²) in [5.41, 5.74) is 7.96. The van der Waals surface area contributed by atoms with E-state index in [1.807, 2.05) is 31.2 Å². The Balaban J connectivity index is 2.50. The number of rotatable bonds is 6. The van der Waals surface area contributed by atoms with Crippen molar-refractivity contribution in [3.05, 3.63) is 35.4 Å². The third kappa shape index (κ3) is 4.19. The van der Waals surface area contributed by atoms with E-state index in [2.05, 4.69) is 12.2 Å². The average molecular weight is 234 g/mol. The molecule has 0 fully saturated rings. The molecule has 1 rings (SSSR count). The Kier molecular flexibility index (Phi) is 5.70. The van der Waals surface area contributed by atoms with Crippen molar-refractivity contribution in [2.45, 2.75) is 33.2 Å². The van der Waals surface area contributed by atoms with Crippen molar-refractivity contribution in [1.82, 2.24) is 5.32 Å². The predicted octanol–water partition coefficient (Wildman–Crippen LogP) is 1.99. The summed E-state index contributed by atoms with van der Waals surface area (Å²) in [4.78, 5) is 11.9. The van der Waals surface area contributed by atoms with Gasteiger partial charge in [-0.2, -0.15) is 0 Å². The number of carbonyl (C=O) groups excluding carboxylic acids is 1. The van der Waals surface area contributed by atoms with Crippen molar-refractivity contribution in [2.24, 2.45) is 11.7 Å². The van der Waals surface area contributed by atoms with E-state index in [9.17, 15) is 4.79 Å². The molecule has 3 heteroatoms. The van der Waals surface area contributed by atoms with Crippen LogP contribution in [0.25, 0.3) is 0 Å². The molecule has 1 aromatic rings. The second-order valence-electron chi connectivity index (χ2n) is 4.37. The summed E-state index contributed by atoms with van der Waals surface area (Å²) in [5.74, 6) is 0.0154. The molecule has 1 amide bonds. The maximum absolute atomic E-state index is 11.9. The largest absolute Gasteiger partial charge is 0.352 e. The van der Waals surface area contributed by atoms with Gasteiger partial charge in [0.05, 0.1) is 5.92 Å². The summed E-state index contributed by atoms with van der Waals surface area (Å²) in [7, 11) is 0. The van der Waals surface area contributed by atoms with Crippen LogP contribution < -0.4 is 11.1 Å². The van der Waals surface area contributed by atoms with E-state index in [1.165, 1.54) is 5.56 Å². The van der Waals surface area contributed by atoms with Crippen LogP contribution >= 0.6 is 0 Å². The van der Waals surface area contributed by atoms with Gasteiger partial charge in [0.25, 0.3) is 0 Å². The first kappa shape index (κ1) is 13.7. The topological polar surface area (TPSA) is 55.1 Å². The second-order valence-corrected chi connectivity index (χ2v) is 4.37. The van der Waals surface area contributed by atoms with Gasteiger partial charge in [0, 0.05) is 13.1 Å². The molecule has 0 aromatic heterocycles. The molecule has 0 radical (unpaired) electrons. The summed E-state index contributed by atoms with van der Waals surface area (Å²) >= 11 is 0. The highest BCUT2D eigenvalue weighted by atomic mass is 16.1. The molecule has 0 bridgehead atoms. The summed E-state index contributed by atoms with van der Waals surface area (Å²) < 4.78 is 0. The molecule has 0 aliphatic heterocycles. The number of benzene rings is 1. The highest BCUT2D eigenvalue weighted by Crippen LogP contribution is 2.08. The number of aryl methyl sites for hydroxylation is 1. The van der Waals surface area contributed by atoms with Gasteiger partial charge in [0.1, 0.15) is 0 Å². The molecule has 3 nitrogen and oxygen atoms in total. The highest BCUT2D eigenvalue weighted by Gasteiger charge is 2.15. The highest BCUT2D eigenvalue weighted by molar-refractivity contribution is 5.78. The first-order chi connectivity index (χ1) is 8.19. The molecule has 0 saturated carbocycles. The van der Waals surface area contributed by atoms with Gasteiger partial charge in [-0.25, -0.2) is 0 Å². The smallest absolute Gasteiger partial charge is 0.224 e. The zero-order valence-corrected chi connectivity index (χ0v) is 10.7. The molecular formula is C14H22N2O. The Morgan fingerprint density at radius 2 is 2.12 bits per heavy atom. The van der Waals surface area contributed by atoms with Gasteiger partial charge in [-0.15, -0.1) is 0 Å². The van der Waals surface area contributed by atoms with Crippen LogP contribution in [0.4, 0.5) is 0 Å². The average Bonchev–Trinajstić information content (AvgIpc) is 2.34. The first-order valence-electron chi connectivity index (χ1n) is 6.21. The van der Waals surface area contributed by atoms with Gasteiger partial charge in [-0.05, 0) is 24.5 Å². The summed E-state index contributed by atoms with van der Waals surface area (Å²) in [6, 6.07) is 8.07. The van der Waals surface area contributed by atoms with E-state index in [-0.39, 0.29) is 11.8 Å². The minimum Gasteiger partial charge on any atom is -0.352 e. The van der Waals surface area contributed by atoms with Gasteiger partial charge < -0.3 is 11.1 Å². The number of hydrogen-bond acceptors (Lipinski definition) is 2. The third-order valence-corrected chi connectivity index (χ3v) is 3.01. The van der Waals surface area contributed by atoms with E-state index in [1.54, 1.807) is 0 Å². The molecule has 0 heterocycles. The molecule has 3 N–H and O–H groups in total. The fourth-order valence-electron chi connectivity index (χ4n) is 1.84. The van der Waals surface area contributed by atoms with Crippen LogP contribution in [-0.2, 0) is 11.3 Å². The quantitative estimate of drug-likeness (QED) is 0.791. The zero-order chi connectivity index (χ0) is 12.7. The van der Waals surface area contributed by atoms with Gasteiger partial charge in [0.15, 0.2) is 0 Å². The number of nitrogens with two attached hydrogens (primary N) is 1. The van der Waals surface area contributed by atoms with Gasteiger partial charge in [-0.1, -0.05) is 37.6 Å². The Hall–Kier alpha value is -1.35. The maximum Gasteiger partial charge on any atom is 0.224 e. The molecule has 94 valence electrons. The Bertz CT molecular complexity index is 363. The molecule has 1 unspecified atom stereocenters. The standard InChI is InChI=1S/C14H22N2O/c1-3-6-12(9-15)14(17)16-10-13-8-5-4-7-11(13)2/h4-5,7-8,12H,3,6,9-10,15H2,1-2H3,(H,16,17). The van der Waals surface area contributed by atoms with Gasteiger partial charge in [-0.3, -0.25) is 4.79 Å². The van der Waals surface area contributed by atoms with Crippen LogP contribution in [0.3, 0.4) is 0 Å². The SMILES string of the molecule is CCCC(CN)C(=O)NCc1ccccc1C. The van der Waals surface area contributed by atoms with Crippen LogP contribution in [-0.4, -0.2) is 12.5 Å². The van der Waals surface area contributed by atoms with Crippen LogP contribution in [0, 0.1) is 12.8 Å². The molecule has 0 aliphatic rings. The van der Waals surface area contributed by atoms with Gasteiger partial charge >= 0.3 is 0 Å². The Labute approximate surface area is 103 Å². The van der Waals surface area contributed by atoms with E-state index in [0.29, 0.717) is 13.1 Å². The Morgan fingerprint density at radius 1 is 1.41 bits per heavy atom. The minimum absolute atomic E-state index is 0.0518. The molecule has 0 saturated heterocycles. The number of carbonyl (C=O) groups is 1. The third-order valence-electron chi connectivity index (χ3n) is 3.01. The Morgan fingerprint density at radius 3 is 2.71 bits per heavy atom. The lowest BCUT2D eigenvalue weighted by molar-refractivity contribution is -0.125. The lowest BCUT2D eigenvalue weighted by atomic mass is 10.0. The number of hydrogen-bond donors (Lipinski definition) is 2. The van der Waals surface area contributed by atoms with E-state index in [4.69, 9.17) is 5.73 Å². The van der Waals surface area contributed by atoms with Crippen molar-refractivity contribution in [1.29, 1.82) is 0 Å². The van der Waals surface area contributed by atoms with E-state index < -0.39 is 0 Å². The fraction of sp³-hybridized carbons (Fsp3) is 0.500. The molecule has 0 spiro atoms. The fourth-order valence-corrected chi connectivity index (χ4v) is 1.84. The van der Waals surface area contributed by atoms with Crippen molar-refractivity contribution in [3.8, 4) is 0 Å². The van der Waals surface area contributed by atoms with Crippen LogP contribution in [0.15, 0.2) is 24.3 Å². The van der Waals surface area contributed by atoms with Crippen LogP contribution in [0.2, 0.25) is 0 Å². The summed E-state index contributed by atoms with van der Waals surface area (Å²) in [6.45, 7) is 5.13. The van der Waals surface area contributed by atoms with Crippen molar-refractivity contribution in [3.63, 3.8) is 0 Å². The lowest BCUT2D eigenvalue weighted by Crippen LogP contribution is -2.34. The maximum atomic E-state index is 11.9. The number of amides is 1. The predicted molar refractivity (Wildman–Crippen MR) is 70.5 cm³/mol. The normalized spacial score (nSPS) is 12.2. The molecule has 1 atom stereocenters. The molecule has 0 aliphatic carbocycles. The minimum atomic E-state index is -0.0518. The molecule has 1 aromatic carbocycles. The molecule has 17 heavy (non-hydrogen) atoms. The van der Waals surface area contributed by atoms with Gasteiger partial charge in [0.2, 0.25) is 5.91 Å². The van der Waals surface area contributed by atoms with E-state index in [0.717, 1.165) is 18.4 Å². The van der Waals surface area contributed by atoms with Crippen LogP contribution in [0.5, 0.6) is 0 Å². The summed E-state index contributed by atoms with van der Waals surface area (Å²) in [5, 5.41) is 2.96. The first-order valence-corrected chi connectivity index (χ1v) is 6.21. The monoisotopic (exact) mass is 234 g/mol. The lowest BCUT2D eigenvalue weighted by Gasteiger charge is -2.14. The van der Waals surface area contributed by atoms with Crippen molar-refractivity contribution in [2.75, 3.05) is 6.54 Å².